The molecule has 1 rings (SSSR count). The van der Waals surface area contributed by atoms with Crippen LogP contribution in [0.25, 0.3) is 0 Å². The minimum absolute atomic E-state index is 0.0578. The van der Waals surface area contributed by atoms with Crippen molar-refractivity contribution < 1.29 is 14.3 Å². The van der Waals surface area contributed by atoms with Gasteiger partial charge in [-0.1, -0.05) is 20.8 Å². The molecule has 0 aliphatic heterocycles. The van der Waals surface area contributed by atoms with Gasteiger partial charge >= 0.3 is 5.97 Å². The summed E-state index contributed by atoms with van der Waals surface area (Å²) in [5.41, 5.74) is 0.459. The zero-order valence-electron chi connectivity index (χ0n) is 11.9. The number of ether oxygens (including phenoxy) is 1. The normalized spacial score (nSPS) is 12.0. The summed E-state index contributed by atoms with van der Waals surface area (Å²) in [7, 11) is 0. The average Bonchev–Trinajstić information content (AvgIpc) is 2.81. The molecule has 1 unspecified atom stereocenters. The molecule has 1 amide bonds. The monoisotopic (exact) mass is 283 g/mol. The van der Waals surface area contributed by atoms with Crippen molar-refractivity contribution in [2.24, 2.45) is 5.92 Å². The van der Waals surface area contributed by atoms with E-state index in [2.05, 4.69) is 5.32 Å². The molecule has 0 fully saturated rings. The third kappa shape index (κ3) is 4.06. The number of hydrogen-bond donors (Lipinski definition) is 1. The van der Waals surface area contributed by atoms with Crippen LogP contribution >= 0.6 is 11.3 Å². The van der Waals surface area contributed by atoms with E-state index >= 15 is 0 Å². The maximum absolute atomic E-state index is 11.9. The Morgan fingerprint density at radius 1 is 1.37 bits per heavy atom. The molecule has 0 saturated heterocycles. The highest BCUT2D eigenvalue weighted by Crippen LogP contribution is 2.29. The number of aryl methyl sites for hydroxylation is 1. The smallest absolute Gasteiger partial charge is 0.341 e. The van der Waals surface area contributed by atoms with Gasteiger partial charge in [0.2, 0.25) is 5.91 Å². The standard InChI is InChI=1S/C14H21NO3S/c1-5-9(4)12(16)15-13-11(14(17)18-7-3)8-10(6-2)19-13/h8-9H,5-7H2,1-4H3,(H,15,16). The Bertz CT molecular complexity index is 454. The molecule has 1 aromatic heterocycles. The Hall–Kier alpha value is -1.36. The molecule has 0 radical (unpaired) electrons. The molecule has 0 aliphatic carbocycles. The van der Waals surface area contributed by atoms with Crippen LogP contribution in [0.15, 0.2) is 6.07 Å². The van der Waals surface area contributed by atoms with E-state index in [0.717, 1.165) is 17.7 Å². The van der Waals surface area contributed by atoms with Crippen molar-refractivity contribution in [3.63, 3.8) is 0 Å². The number of hydrogen-bond acceptors (Lipinski definition) is 4. The number of anilines is 1. The van der Waals surface area contributed by atoms with Crippen molar-refractivity contribution in [3.05, 3.63) is 16.5 Å². The van der Waals surface area contributed by atoms with Crippen molar-refractivity contribution >= 4 is 28.2 Å². The first-order valence-electron chi connectivity index (χ1n) is 6.64. The minimum Gasteiger partial charge on any atom is -0.462 e. The van der Waals surface area contributed by atoms with Crippen molar-refractivity contribution in [2.75, 3.05) is 11.9 Å². The largest absolute Gasteiger partial charge is 0.462 e. The van der Waals surface area contributed by atoms with E-state index in [-0.39, 0.29) is 17.8 Å². The fourth-order valence-electron chi connectivity index (χ4n) is 1.49. The predicted molar refractivity (Wildman–Crippen MR) is 77.7 cm³/mol. The summed E-state index contributed by atoms with van der Waals surface area (Å²) in [6, 6.07) is 1.80. The van der Waals surface area contributed by atoms with Gasteiger partial charge in [0.15, 0.2) is 0 Å². The van der Waals surface area contributed by atoms with Gasteiger partial charge < -0.3 is 10.1 Å². The SMILES string of the molecule is CCOC(=O)c1cc(CC)sc1NC(=O)C(C)CC. The van der Waals surface area contributed by atoms with Crippen LogP contribution in [0.2, 0.25) is 0 Å². The second-order valence-corrected chi connectivity index (χ2v) is 5.46. The zero-order valence-corrected chi connectivity index (χ0v) is 12.7. The third-order valence-corrected chi connectivity index (χ3v) is 4.12. The first-order chi connectivity index (χ1) is 9.03. The number of nitrogens with one attached hydrogen (secondary N) is 1. The molecule has 4 nitrogen and oxygen atoms in total. The lowest BCUT2D eigenvalue weighted by molar-refractivity contribution is -0.119. The van der Waals surface area contributed by atoms with Gasteiger partial charge in [-0.3, -0.25) is 4.79 Å². The van der Waals surface area contributed by atoms with Crippen molar-refractivity contribution in [3.8, 4) is 0 Å². The molecule has 1 aromatic rings. The summed E-state index contributed by atoms with van der Waals surface area (Å²) in [4.78, 5) is 24.8. The van der Waals surface area contributed by atoms with Crippen molar-refractivity contribution in [2.45, 2.75) is 40.5 Å². The van der Waals surface area contributed by atoms with Gasteiger partial charge in [-0.2, -0.15) is 0 Å². The lowest BCUT2D eigenvalue weighted by atomic mass is 10.1. The van der Waals surface area contributed by atoms with Gasteiger partial charge in [0, 0.05) is 10.8 Å². The number of amides is 1. The van der Waals surface area contributed by atoms with Gasteiger partial charge in [-0.15, -0.1) is 11.3 Å². The summed E-state index contributed by atoms with van der Waals surface area (Å²) in [5.74, 6) is -0.502. The summed E-state index contributed by atoms with van der Waals surface area (Å²) in [6.07, 6.45) is 1.60. The van der Waals surface area contributed by atoms with E-state index in [4.69, 9.17) is 4.74 Å². The fourth-order valence-corrected chi connectivity index (χ4v) is 2.48. The number of carbonyl (C=O) groups excluding carboxylic acids is 2. The second kappa shape index (κ2) is 7.28. The summed E-state index contributed by atoms with van der Waals surface area (Å²) < 4.78 is 5.01. The summed E-state index contributed by atoms with van der Waals surface area (Å²) in [5, 5.41) is 3.43. The van der Waals surface area contributed by atoms with Crippen LogP contribution in [0.3, 0.4) is 0 Å². The maximum atomic E-state index is 11.9. The number of carbonyl (C=O) groups is 2. The quantitative estimate of drug-likeness (QED) is 0.813. The first kappa shape index (κ1) is 15.7. The molecule has 19 heavy (non-hydrogen) atoms. The van der Waals surface area contributed by atoms with Crippen LogP contribution in [0.4, 0.5) is 5.00 Å². The van der Waals surface area contributed by atoms with E-state index in [9.17, 15) is 9.59 Å². The van der Waals surface area contributed by atoms with Crippen LogP contribution in [0.5, 0.6) is 0 Å². The van der Waals surface area contributed by atoms with Crippen molar-refractivity contribution in [1.82, 2.24) is 0 Å². The first-order valence-corrected chi connectivity index (χ1v) is 7.45. The van der Waals surface area contributed by atoms with Gasteiger partial charge in [-0.05, 0) is 25.8 Å². The van der Waals surface area contributed by atoms with Crippen LogP contribution in [0.1, 0.15) is 49.4 Å². The predicted octanol–water partition coefficient (Wildman–Crippen LogP) is 3.47. The molecular formula is C14H21NO3S. The molecule has 1 N–H and O–H groups in total. The topological polar surface area (TPSA) is 55.4 Å². The Morgan fingerprint density at radius 2 is 2.05 bits per heavy atom. The number of esters is 1. The lowest BCUT2D eigenvalue weighted by Crippen LogP contribution is -2.20. The van der Waals surface area contributed by atoms with Crippen LogP contribution in [-0.4, -0.2) is 18.5 Å². The second-order valence-electron chi connectivity index (χ2n) is 4.33. The van der Waals surface area contributed by atoms with Gasteiger partial charge in [0.05, 0.1) is 12.2 Å². The Kier molecular flexibility index (Phi) is 6.02. The zero-order chi connectivity index (χ0) is 14.4. The highest BCUT2D eigenvalue weighted by molar-refractivity contribution is 7.16. The fraction of sp³-hybridized carbons (Fsp3) is 0.571. The molecule has 0 spiro atoms. The van der Waals surface area contributed by atoms with Gasteiger partial charge in [-0.25, -0.2) is 4.79 Å². The summed E-state index contributed by atoms with van der Waals surface area (Å²) >= 11 is 1.44. The molecule has 0 aromatic carbocycles. The Balaban J connectivity index is 2.95. The number of thiophene rings is 1. The number of rotatable bonds is 6. The molecule has 0 bridgehead atoms. The molecule has 0 saturated carbocycles. The summed E-state index contributed by atoms with van der Waals surface area (Å²) in [6.45, 7) is 7.94. The molecule has 0 aliphatic rings. The minimum atomic E-state index is -0.377. The third-order valence-electron chi connectivity index (χ3n) is 2.92. The van der Waals surface area contributed by atoms with E-state index in [0.29, 0.717) is 17.2 Å². The van der Waals surface area contributed by atoms with Crippen molar-refractivity contribution in [1.29, 1.82) is 0 Å². The molecule has 1 heterocycles. The van der Waals surface area contributed by atoms with Crippen LogP contribution in [-0.2, 0) is 16.0 Å². The van der Waals surface area contributed by atoms with Gasteiger partial charge in [0.25, 0.3) is 0 Å². The maximum Gasteiger partial charge on any atom is 0.341 e. The Labute approximate surface area is 118 Å². The molecule has 106 valence electrons. The average molecular weight is 283 g/mol. The molecular weight excluding hydrogens is 262 g/mol. The lowest BCUT2D eigenvalue weighted by Gasteiger charge is -2.09. The molecule has 1 atom stereocenters. The highest BCUT2D eigenvalue weighted by Gasteiger charge is 2.20. The van der Waals surface area contributed by atoms with E-state index in [1.807, 2.05) is 20.8 Å². The van der Waals surface area contributed by atoms with E-state index < -0.39 is 0 Å². The molecule has 5 heteroatoms. The van der Waals surface area contributed by atoms with Crippen LogP contribution < -0.4 is 5.32 Å². The van der Waals surface area contributed by atoms with E-state index in [1.54, 1.807) is 13.0 Å². The Morgan fingerprint density at radius 3 is 2.58 bits per heavy atom. The van der Waals surface area contributed by atoms with Gasteiger partial charge in [0.1, 0.15) is 5.00 Å². The van der Waals surface area contributed by atoms with Crippen LogP contribution in [0, 0.1) is 5.92 Å². The van der Waals surface area contributed by atoms with E-state index in [1.165, 1.54) is 11.3 Å². The highest BCUT2D eigenvalue weighted by atomic mass is 32.1.